The van der Waals surface area contributed by atoms with Gasteiger partial charge >= 0.3 is 5.97 Å². The first-order chi connectivity index (χ1) is 15.2. The summed E-state index contributed by atoms with van der Waals surface area (Å²) in [6, 6.07) is 13.1. The Labute approximate surface area is 187 Å². The first-order valence-electron chi connectivity index (χ1n) is 12.2. The van der Waals surface area contributed by atoms with E-state index in [0.717, 1.165) is 51.3 Å². The van der Waals surface area contributed by atoms with E-state index < -0.39 is 0 Å². The van der Waals surface area contributed by atoms with E-state index in [2.05, 4.69) is 48.2 Å². The Morgan fingerprint density at radius 2 is 1.84 bits per heavy atom. The summed E-state index contributed by atoms with van der Waals surface area (Å²) < 4.78 is 11.1. The Bertz CT molecular complexity index is 811. The van der Waals surface area contributed by atoms with Gasteiger partial charge in [-0.05, 0) is 73.7 Å². The van der Waals surface area contributed by atoms with Crippen LogP contribution in [0.1, 0.15) is 70.8 Å². The van der Waals surface area contributed by atoms with Crippen LogP contribution in [0.25, 0.3) is 10.8 Å². The summed E-state index contributed by atoms with van der Waals surface area (Å²) in [5.41, 5.74) is 1.37. The molecule has 1 heterocycles. The molecule has 1 fully saturated rings. The van der Waals surface area contributed by atoms with Crippen LogP contribution in [-0.4, -0.2) is 37.2 Å². The summed E-state index contributed by atoms with van der Waals surface area (Å²) in [5.74, 6) is 1.39. The minimum absolute atomic E-state index is 0.0472. The van der Waals surface area contributed by atoms with E-state index in [1.807, 2.05) is 6.92 Å². The van der Waals surface area contributed by atoms with E-state index in [1.165, 1.54) is 42.0 Å². The van der Waals surface area contributed by atoms with Crippen molar-refractivity contribution in [3.63, 3.8) is 0 Å². The highest BCUT2D eigenvalue weighted by atomic mass is 16.5. The number of hydrogen-bond acceptors (Lipinski definition) is 4. The molecule has 4 heteroatoms. The van der Waals surface area contributed by atoms with Gasteiger partial charge in [0.15, 0.2) is 0 Å². The number of hydrogen-bond donors (Lipinski definition) is 0. The third-order valence-corrected chi connectivity index (χ3v) is 6.32. The number of benzene rings is 2. The van der Waals surface area contributed by atoms with Crippen molar-refractivity contribution in [1.29, 1.82) is 0 Å². The molecule has 0 saturated carbocycles. The van der Waals surface area contributed by atoms with Crippen LogP contribution in [0.15, 0.2) is 36.4 Å². The van der Waals surface area contributed by atoms with E-state index in [4.69, 9.17) is 9.47 Å². The molecule has 4 nitrogen and oxygen atoms in total. The standard InChI is InChI=1S/C27H39NO3/c1-3-5-6-7-8-18-31-25-12-13-26-23(20-25)10-9-11-24(26)21-28-16-14-22(15-17-28)19-27(29)30-4-2/h9-13,20,22H,3-8,14-19,21H2,1-2H3. The number of carbonyl (C=O) groups excluding carboxylic acids is 1. The highest BCUT2D eigenvalue weighted by molar-refractivity contribution is 5.87. The third kappa shape index (κ3) is 7.53. The van der Waals surface area contributed by atoms with E-state index in [-0.39, 0.29) is 5.97 Å². The average molecular weight is 426 g/mol. The fraction of sp³-hybridized carbons (Fsp3) is 0.593. The second-order valence-electron chi connectivity index (χ2n) is 8.79. The Hall–Kier alpha value is -2.07. The normalized spacial score (nSPS) is 15.3. The van der Waals surface area contributed by atoms with Gasteiger partial charge in [0.1, 0.15) is 5.75 Å². The fourth-order valence-electron chi connectivity index (χ4n) is 4.50. The zero-order valence-corrected chi connectivity index (χ0v) is 19.4. The van der Waals surface area contributed by atoms with Gasteiger partial charge in [0.2, 0.25) is 0 Å². The molecular weight excluding hydrogens is 386 g/mol. The molecule has 3 rings (SSSR count). The second kappa shape index (κ2) is 12.7. The number of fused-ring (bicyclic) bond motifs is 1. The molecule has 0 bridgehead atoms. The van der Waals surface area contributed by atoms with Crippen molar-refractivity contribution in [3.05, 3.63) is 42.0 Å². The quantitative estimate of drug-likeness (QED) is 0.293. The number of unbranched alkanes of at least 4 members (excludes halogenated alkanes) is 4. The number of carbonyl (C=O) groups is 1. The molecule has 0 spiro atoms. The molecule has 170 valence electrons. The van der Waals surface area contributed by atoms with Crippen LogP contribution >= 0.6 is 0 Å². The molecule has 0 amide bonds. The van der Waals surface area contributed by atoms with Crippen LogP contribution in [0.5, 0.6) is 5.75 Å². The Morgan fingerprint density at radius 3 is 2.61 bits per heavy atom. The molecule has 2 aromatic carbocycles. The van der Waals surface area contributed by atoms with Gasteiger partial charge in [0.05, 0.1) is 13.2 Å². The van der Waals surface area contributed by atoms with Gasteiger partial charge in [-0.3, -0.25) is 9.69 Å². The lowest BCUT2D eigenvalue weighted by Crippen LogP contribution is -2.34. The maximum atomic E-state index is 11.7. The van der Waals surface area contributed by atoms with Crippen LogP contribution in [0.4, 0.5) is 0 Å². The predicted molar refractivity (Wildman–Crippen MR) is 127 cm³/mol. The lowest BCUT2D eigenvalue weighted by Gasteiger charge is -2.31. The summed E-state index contributed by atoms with van der Waals surface area (Å²) in [4.78, 5) is 14.2. The zero-order valence-electron chi connectivity index (χ0n) is 19.4. The van der Waals surface area contributed by atoms with Gasteiger partial charge in [-0.2, -0.15) is 0 Å². The molecule has 0 aromatic heterocycles. The van der Waals surface area contributed by atoms with Crippen LogP contribution in [-0.2, 0) is 16.1 Å². The number of rotatable bonds is 12. The summed E-state index contributed by atoms with van der Waals surface area (Å²) in [6.07, 6.45) is 8.99. The summed E-state index contributed by atoms with van der Waals surface area (Å²) in [6.45, 7) is 8.43. The summed E-state index contributed by atoms with van der Waals surface area (Å²) in [7, 11) is 0. The zero-order chi connectivity index (χ0) is 21.9. The number of likely N-dealkylation sites (tertiary alicyclic amines) is 1. The smallest absolute Gasteiger partial charge is 0.306 e. The van der Waals surface area contributed by atoms with Crippen molar-refractivity contribution in [1.82, 2.24) is 4.90 Å². The topological polar surface area (TPSA) is 38.8 Å². The summed E-state index contributed by atoms with van der Waals surface area (Å²) >= 11 is 0. The van der Waals surface area contributed by atoms with E-state index >= 15 is 0 Å². The van der Waals surface area contributed by atoms with Crippen LogP contribution in [0.3, 0.4) is 0 Å². The van der Waals surface area contributed by atoms with Crippen LogP contribution in [0, 0.1) is 5.92 Å². The highest BCUT2D eigenvalue weighted by Gasteiger charge is 2.22. The molecule has 1 saturated heterocycles. The Balaban J connectivity index is 1.50. The van der Waals surface area contributed by atoms with Crippen molar-refractivity contribution in [2.75, 3.05) is 26.3 Å². The van der Waals surface area contributed by atoms with E-state index in [0.29, 0.717) is 18.9 Å². The van der Waals surface area contributed by atoms with Crippen molar-refractivity contribution >= 4 is 16.7 Å². The SMILES string of the molecule is CCCCCCCOc1ccc2c(CN3CCC(CC(=O)OCC)CC3)cccc2c1. The minimum atomic E-state index is -0.0472. The number of esters is 1. The largest absolute Gasteiger partial charge is 0.494 e. The Morgan fingerprint density at radius 1 is 1.03 bits per heavy atom. The van der Waals surface area contributed by atoms with E-state index in [1.54, 1.807) is 0 Å². The highest BCUT2D eigenvalue weighted by Crippen LogP contribution is 2.27. The predicted octanol–water partition coefficient (Wildman–Crippen LogP) is 6.35. The molecule has 0 atom stereocenters. The van der Waals surface area contributed by atoms with Crippen LogP contribution < -0.4 is 4.74 Å². The molecule has 0 unspecified atom stereocenters. The van der Waals surface area contributed by atoms with Crippen molar-refractivity contribution < 1.29 is 14.3 Å². The molecule has 0 radical (unpaired) electrons. The van der Waals surface area contributed by atoms with Gasteiger partial charge in [-0.1, -0.05) is 56.9 Å². The second-order valence-corrected chi connectivity index (χ2v) is 8.79. The Kier molecular flexibility index (Phi) is 9.67. The molecule has 1 aliphatic heterocycles. The van der Waals surface area contributed by atoms with Crippen LogP contribution in [0.2, 0.25) is 0 Å². The lowest BCUT2D eigenvalue weighted by molar-refractivity contribution is -0.144. The van der Waals surface area contributed by atoms with Gasteiger partial charge in [0, 0.05) is 13.0 Å². The maximum absolute atomic E-state index is 11.7. The maximum Gasteiger partial charge on any atom is 0.306 e. The number of ether oxygens (including phenoxy) is 2. The minimum Gasteiger partial charge on any atom is -0.494 e. The van der Waals surface area contributed by atoms with Crippen molar-refractivity contribution in [3.8, 4) is 5.75 Å². The first kappa shape index (κ1) is 23.6. The summed E-state index contributed by atoms with van der Waals surface area (Å²) in [5, 5.41) is 2.56. The molecular formula is C27H39NO3. The third-order valence-electron chi connectivity index (χ3n) is 6.32. The molecule has 0 aliphatic carbocycles. The molecule has 0 N–H and O–H groups in total. The monoisotopic (exact) mass is 425 g/mol. The molecule has 31 heavy (non-hydrogen) atoms. The van der Waals surface area contributed by atoms with Gasteiger partial charge in [-0.15, -0.1) is 0 Å². The number of nitrogens with zero attached hydrogens (tertiary/aromatic N) is 1. The van der Waals surface area contributed by atoms with Gasteiger partial charge in [-0.25, -0.2) is 0 Å². The first-order valence-corrected chi connectivity index (χ1v) is 12.2. The van der Waals surface area contributed by atoms with Crippen molar-refractivity contribution in [2.45, 2.75) is 71.8 Å². The average Bonchev–Trinajstić information content (AvgIpc) is 2.78. The van der Waals surface area contributed by atoms with Gasteiger partial charge in [0.25, 0.3) is 0 Å². The molecule has 1 aliphatic rings. The number of piperidine rings is 1. The van der Waals surface area contributed by atoms with E-state index in [9.17, 15) is 4.79 Å². The molecule has 2 aromatic rings. The van der Waals surface area contributed by atoms with Gasteiger partial charge < -0.3 is 9.47 Å². The van der Waals surface area contributed by atoms with Crippen molar-refractivity contribution in [2.24, 2.45) is 5.92 Å². The lowest BCUT2D eigenvalue weighted by atomic mass is 9.93. The fourth-order valence-corrected chi connectivity index (χ4v) is 4.50.